The molecule has 0 saturated carbocycles. The van der Waals surface area contributed by atoms with E-state index in [-0.39, 0.29) is 23.5 Å². The number of aromatic amines is 1. The molecule has 3 aliphatic rings. The topological polar surface area (TPSA) is 112 Å². The number of H-pyrrole nitrogens is 1. The van der Waals surface area contributed by atoms with Crippen molar-refractivity contribution in [3.63, 3.8) is 0 Å². The van der Waals surface area contributed by atoms with Crippen molar-refractivity contribution in [1.82, 2.24) is 19.9 Å². The molecule has 5 unspecified atom stereocenters. The maximum atomic E-state index is 13.0. The number of nitrogens with zero attached hydrogens (tertiary/aromatic N) is 3. The number of hydrogen-bond acceptors (Lipinski definition) is 8. The van der Waals surface area contributed by atoms with Gasteiger partial charge in [-0.25, -0.2) is 4.98 Å². The molecule has 9 nitrogen and oxygen atoms in total. The first kappa shape index (κ1) is 24.5. The van der Waals surface area contributed by atoms with E-state index in [1.54, 1.807) is 13.3 Å². The first-order valence-corrected chi connectivity index (χ1v) is 13.6. The largest absolute Gasteiger partial charge is 0.497 e. The molecule has 3 N–H and O–H groups in total. The van der Waals surface area contributed by atoms with Gasteiger partial charge in [0.2, 0.25) is 5.95 Å². The molecule has 3 fully saturated rings. The highest BCUT2D eigenvalue weighted by Gasteiger charge is 2.43. The molecule has 40 heavy (non-hydrogen) atoms. The second kappa shape index (κ2) is 9.60. The standard InChI is InChI=1S/C31H30N6O3/c1-3-17-16-37-13-11-18(17)14-25(37)26(20-10-12-32-22-9-8-19(40-2)15-21(20)22)35-27-28(30(39)29(27)38)36-31-33-23-6-4-5-7-24(23)34-31/h3-10,12,15,17-18,25-26,35H,1,11,13-14,16H2,2H3,(H2,33,34,36). The Morgan fingerprint density at radius 1 is 1.12 bits per heavy atom. The third kappa shape index (κ3) is 3.96. The zero-order chi connectivity index (χ0) is 27.4. The van der Waals surface area contributed by atoms with Gasteiger partial charge in [0, 0.05) is 24.2 Å². The van der Waals surface area contributed by atoms with E-state index in [9.17, 15) is 9.59 Å². The summed E-state index contributed by atoms with van der Waals surface area (Å²) in [4.78, 5) is 40.6. The van der Waals surface area contributed by atoms with E-state index in [1.807, 2.05) is 48.5 Å². The fourth-order valence-electron chi connectivity index (χ4n) is 6.58. The Labute approximate surface area is 230 Å². The zero-order valence-corrected chi connectivity index (χ0v) is 22.2. The van der Waals surface area contributed by atoms with Crippen LogP contribution in [-0.4, -0.2) is 46.1 Å². The lowest BCUT2D eigenvalue weighted by atomic mass is 9.73. The molecule has 5 heterocycles. The molecule has 0 radical (unpaired) electrons. The van der Waals surface area contributed by atoms with Gasteiger partial charge in [-0.1, -0.05) is 18.2 Å². The van der Waals surface area contributed by atoms with Crippen LogP contribution >= 0.6 is 0 Å². The molecule has 3 saturated heterocycles. The fourth-order valence-corrected chi connectivity index (χ4v) is 6.58. The summed E-state index contributed by atoms with van der Waals surface area (Å²) in [5.41, 5.74) is 2.90. The molecule has 3 aliphatic heterocycles. The minimum Gasteiger partial charge on any atom is -0.497 e. The van der Waals surface area contributed by atoms with Crippen molar-refractivity contribution in [3.05, 3.63) is 93.4 Å². The van der Waals surface area contributed by atoms with Crippen molar-refractivity contribution in [3.8, 4) is 5.75 Å². The number of fused-ring (bicyclic) bond motifs is 5. The monoisotopic (exact) mass is 534 g/mol. The zero-order valence-electron chi connectivity index (χ0n) is 22.2. The van der Waals surface area contributed by atoms with Crippen LogP contribution in [0.1, 0.15) is 24.4 Å². The smallest absolute Gasteiger partial charge is 0.253 e. The lowest BCUT2D eigenvalue weighted by Crippen LogP contribution is -2.56. The second-order valence-electron chi connectivity index (χ2n) is 10.8. The molecule has 2 aromatic heterocycles. The van der Waals surface area contributed by atoms with Crippen molar-refractivity contribution in [2.24, 2.45) is 11.8 Å². The minimum absolute atomic E-state index is 0.121. The van der Waals surface area contributed by atoms with Gasteiger partial charge in [0.05, 0.1) is 29.7 Å². The number of rotatable bonds is 8. The highest BCUT2D eigenvalue weighted by Crippen LogP contribution is 2.44. The number of methoxy groups -OCH3 is 1. The SMILES string of the molecule is C=CC1CN2CCC1CC2C(Nc1c(Nc2nc3ccccc3[nH]2)c(=O)c1=O)c1ccnc2ccc(OC)cc12. The summed E-state index contributed by atoms with van der Waals surface area (Å²) in [6, 6.07) is 15.3. The molecule has 3 aromatic carbocycles. The third-order valence-corrected chi connectivity index (χ3v) is 8.70. The summed E-state index contributed by atoms with van der Waals surface area (Å²) in [6.45, 7) is 5.99. The summed E-state index contributed by atoms with van der Waals surface area (Å²) < 4.78 is 5.54. The number of benzene rings is 2. The highest BCUT2D eigenvalue weighted by molar-refractivity contribution is 5.86. The van der Waals surface area contributed by atoms with Gasteiger partial charge in [-0.15, -0.1) is 6.58 Å². The van der Waals surface area contributed by atoms with Crippen molar-refractivity contribution in [2.75, 3.05) is 30.8 Å². The van der Waals surface area contributed by atoms with Crippen molar-refractivity contribution >= 4 is 39.3 Å². The van der Waals surface area contributed by atoms with Crippen LogP contribution in [0.5, 0.6) is 5.75 Å². The lowest BCUT2D eigenvalue weighted by molar-refractivity contribution is 0.0105. The average Bonchev–Trinajstić information content (AvgIpc) is 3.43. The number of aromatic nitrogens is 3. The second-order valence-corrected chi connectivity index (χ2v) is 10.8. The lowest BCUT2D eigenvalue weighted by Gasteiger charge is -2.52. The van der Waals surface area contributed by atoms with Crippen LogP contribution in [0, 0.1) is 11.8 Å². The Kier molecular flexibility index (Phi) is 5.89. The van der Waals surface area contributed by atoms with Crippen molar-refractivity contribution in [1.29, 1.82) is 0 Å². The molecule has 5 aromatic rings. The van der Waals surface area contributed by atoms with Gasteiger partial charge in [-0.3, -0.25) is 19.5 Å². The molecule has 0 spiro atoms. The summed E-state index contributed by atoms with van der Waals surface area (Å²) >= 11 is 0. The number of ether oxygens (including phenoxy) is 1. The minimum atomic E-state index is -0.555. The Bertz CT molecular complexity index is 1790. The van der Waals surface area contributed by atoms with Crippen LogP contribution in [0.2, 0.25) is 0 Å². The molecule has 202 valence electrons. The summed E-state index contributed by atoms with van der Waals surface area (Å²) in [5, 5.41) is 7.58. The van der Waals surface area contributed by atoms with E-state index in [2.05, 4.69) is 43.1 Å². The van der Waals surface area contributed by atoms with Crippen LogP contribution < -0.4 is 26.2 Å². The van der Waals surface area contributed by atoms with E-state index in [0.717, 1.165) is 59.2 Å². The Morgan fingerprint density at radius 3 is 2.75 bits per heavy atom. The fraction of sp³-hybridized carbons (Fsp3) is 0.290. The quantitative estimate of drug-likeness (QED) is 0.197. The Hall–Kier alpha value is -4.50. The number of pyridine rings is 1. The summed E-state index contributed by atoms with van der Waals surface area (Å²) in [6.07, 6.45) is 5.97. The van der Waals surface area contributed by atoms with Gasteiger partial charge in [-0.05, 0) is 73.2 Å². The molecular formula is C31H30N6O3. The van der Waals surface area contributed by atoms with E-state index < -0.39 is 10.9 Å². The molecule has 0 amide bonds. The predicted molar refractivity (Wildman–Crippen MR) is 157 cm³/mol. The summed E-state index contributed by atoms with van der Waals surface area (Å²) in [7, 11) is 1.65. The number of anilines is 3. The first-order valence-electron chi connectivity index (χ1n) is 13.6. The molecule has 0 aliphatic carbocycles. The number of imidazole rings is 1. The van der Waals surface area contributed by atoms with Gasteiger partial charge in [0.25, 0.3) is 10.9 Å². The van der Waals surface area contributed by atoms with E-state index in [4.69, 9.17) is 4.74 Å². The van der Waals surface area contributed by atoms with Crippen molar-refractivity contribution < 1.29 is 4.74 Å². The molecule has 8 rings (SSSR count). The molecule has 2 bridgehead atoms. The number of nitrogens with one attached hydrogen (secondary N) is 3. The maximum Gasteiger partial charge on any atom is 0.253 e. The van der Waals surface area contributed by atoms with Crippen LogP contribution in [-0.2, 0) is 0 Å². The number of para-hydroxylation sites is 2. The number of hydrogen-bond donors (Lipinski definition) is 3. The van der Waals surface area contributed by atoms with Crippen LogP contribution in [0.4, 0.5) is 17.3 Å². The molecular weight excluding hydrogens is 504 g/mol. The maximum absolute atomic E-state index is 13.0. The molecule has 9 heteroatoms. The Balaban J connectivity index is 1.30. The summed E-state index contributed by atoms with van der Waals surface area (Å²) in [5.74, 6) is 2.14. The number of piperidine rings is 3. The average molecular weight is 535 g/mol. The van der Waals surface area contributed by atoms with Crippen LogP contribution in [0.3, 0.4) is 0 Å². The predicted octanol–water partition coefficient (Wildman–Crippen LogP) is 4.51. The van der Waals surface area contributed by atoms with E-state index in [0.29, 0.717) is 17.8 Å². The van der Waals surface area contributed by atoms with Crippen LogP contribution in [0.25, 0.3) is 21.9 Å². The van der Waals surface area contributed by atoms with Gasteiger partial charge < -0.3 is 20.4 Å². The van der Waals surface area contributed by atoms with Gasteiger partial charge >= 0.3 is 0 Å². The normalized spacial score (nSPS) is 22.9. The van der Waals surface area contributed by atoms with Gasteiger partial charge in [0.15, 0.2) is 0 Å². The van der Waals surface area contributed by atoms with Crippen LogP contribution in [0.15, 0.2) is 77.0 Å². The van der Waals surface area contributed by atoms with E-state index >= 15 is 0 Å². The third-order valence-electron chi connectivity index (χ3n) is 8.70. The van der Waals surface area contributed by atoms with Gasteiger partial charge in [0.1, 0.15) is 17.1 Å². The highest BCUT2D eigenvalue weighted by atomic mass is 16.5. The van der Waals surface area contributed by atoms with E-state index in [1.165, 1.54) is 0 Å². The van der Waals surface area contributed by atoms with Gasteiger partial charge in [-0.2, -0.15) is 0 Å². The Morgan fingerprint density at radius 2 is 1.98 bits per heavy atom. The molecule has 5 atom stereocenters. The van der Waals surface area contributed by atoms with Crippen molar-refractivity contribution in [2.45, 2.75) is 24.9 Å². The first-order chi connectivity index (χ1) is 19.5.